The third kappa shape index (κ3) is 6.85. The summed E-state index contributed by atoms with van der Waals surface area (Å²) in [6.45, 7) is 2.31. The zero-order chi connectivity index (χ0) is 28.5. The van der Waals surface area contributed by atoms with Crippen LogP contribution in [0.4, 0.5) is 10.2 Å². The van der Waals surface area contributed by atoms with Gasteiger partial charge < -0.3 is 19.7 Å². The molecule has 1 aromatic heterocycles. The summed E-state index contributed by atoms with van der Waals surface area (Å²) in [4.78, 5) is 28.5. The second kappa shape index (κ2) is 13.4. The SMILES string of the molecule is CCCCCN(CC(=O)Nc1cc(-c2ccccc2)nn1-c1ccc(F)cc1)C(=O)c1ccc(OC)cc1OC. The van der Waals surface area contributed by atoms with E-state index in [0.717, 1.165) is 24.8 Å². The summed E-state index contributed by atoms with van der Waals surface area (Å²) in [5, 5.41) is 7.58. The van der Waals surface area contributed by atoms with Crippen LogP contribution in [0.3, 0.4) is 0 Å². The predicted molar refractivity (Wildman–Crippen MR) is 153 cm³/mol. The highest BCUT2D eigenvalue weighted by molar-refractivity contribution is 6.01. The minimum atomic E-state index is -0.389. The number of methoxy groups -OCH3 is 2. The quantitative estimate of drug-likeness (QED) is 0.222. The van der Waals surface area contributed by atoms with Crippen molar-refractivity contribution in [2.24, 2.45) is 0 Å². The summed E-state index contributed by atoms with van der Waals surface area (Å²) in [5.41, 5.74) is 2.42. The van der Waals surface area contributed by atoms with Gasteiger partial charge in [-0.15, -0.1) is 0 Å². The number of hydrogen-bond acceptors (Lipinski definition) is 5. The van der Waals surface area contributed by atoms with Gasteiger partial charge >= 0.3 is 0 Å². The highest BCUT2D eigenvalue weighted by Gasteiger charge is 2.23. The molecule has 0 bridgehead atoms. The molecule has 0 aliphatic carbocycles. The van der Waals surface area contributed by atoms with E-state index in [2.05, 4.69) is 17.3 Å². The average molecular weight is 545 g/mol. The molecule has 0 fully saturated rings. The predicted octanol–water partition coefficient (Wildman–Crippen LogP) is 5.97. The molecule has 0 saturated carbocycles. The standard InChI is InChI=1S/C31H33FN4O4/c1-4-5-9-18-35(31(38)26-17-16-25(39-2)19-28(26)40-3)21-30(37)33-29-20-27(22-10-7-6-8-11-22)34-36(29)24-14-12-23(32)13-15-24/h6-8,10-17,19-20H,4-5,9,18,21H2,1-3H3,(H,33,37). The van der Waals surface area contributed by atoms with Crippen molar-refractivity contribution in [2.45, 2.75) is 26.2 Å². The van der Waals surface area contributed by atoms with Crippen LogP contribution < -0.4 is 14.8 Å². The fourth-order valence-electron chi connectivity index (χ4n) is 4.31. The van der Waals surface area contributed by atoms with E-state index in [1.165, 1.54) is 31.3 Å². The molecule has 0 spiro atoms. The Labute approximate surface area is 233 Å². The average Bonchev–Trinajstić information content (AvgIpc) is 3.40. The number of halogens is 1. The van der Waals surface area contributed by atoms with E-state index in [-0.39, 0.29) is 24.2 Å². The molecule has 208 valence electrons. The molecule has 4 aromatic rings. The number of ether oxygens (including phenoxy) is 2. The first-order valence-corrected chi connectivity index (χ1v) is 13.2. The number of nitrogens with one attached hydrogen (secondary N) is 1. The van der Waals surface area contributed by atoms with E-state index < -0.39 is 0 Å². The fraction of sp³-hybridized carbons (Fsp3) is 0.258. The zero-order valence-electron chi connectivity index (χ0n) is 22.9. The Morgan fingerprint density at radius 3 is 2.38 bits per heavy atom. The number of benzene rings is 3. The molecule has 0 aliphatic rings. The number of hydrogen-bond donors (Lipinski definition) is 1. The van der Waals surface area contributed by atoms with Gasteiger partial charge in [0, 0.05) is 24.2 Å². The maximum absolute atomic E-state index is 13.6. The van der Waals surface area contributed by atoms with Gasteiger partial charge in [0.05, 0.1) is 31.2 Å². The molecule has 8 nitrogen and oxygen atoms in total. The maximum Gasteiger partial charge on any atom is 0.258 e. The minimum Gasteiger partial charge on any atom is -0.497 e. The summed E-state index contributed by atoms with van der Waals surface area (Å²) in [6.07, 6.45) is 2.64. The maximum atomic E-state index is 13.6. The molecule has 1 heterocycles. The first-order chi connectivity index (χ1) is 19.4. The molecular weight excluding hydrogens is 511 g/mol. The number of unbranched alkanes of at least 4 members (excludes halogenated alkanes) is 2. The van der Waals surface area contributed by atoms with Gasteiger partial charge in [0.15, 0.2) is 0 Å². The first kappa shape index (κ1) is 28.4. The lowest BCUT2D eigenvalue weighted by molar-refractivity contribution is -0.117. The number of carbonyl (C=O) groups is 2. The molecule has 40 heavy (non-hydrogen) atoms. The second-order valence-electron chi connectivity index (χ2n) is 9.22. The Hall–Kier alpha value is -4.66. The van der Waals surface area contributed by atoms with Crippen molar-refractivity contribution in [3.05, 3.63) is 90.2 Å². The van der Waals surface area contributed by atoms with E-state index in [1.807, 2.05) is 30.3 Å². The summed E-state index contributed by atoms with van der Waals surface area (Å²) in [7, 11) is 3.03. The smallest absolute Gasteiger partial charge is 0.258 e. The summed E-state index contributed by atoms with van der Waals surface area (Å²) in [6, 6.07) is 22.1. The Kier molecular flexibility index (Phi) is 9.51. The van der Waals surface area contributed by atoms with E-state index >= 15 is 0 Å². The zero-order valence-corrected chi connectivity index (χ0v) is 22.9. The van der Waals surface area contributed by atoms with Gasteiger partial charge in [-0.05, 0) is 42.8 Å². The molecule has 2 amide bonds. The van der Waals surface area contributed by atoms with Crippen LogP contribution >= 0.6 is 0 Å². The molecule has 1 N–H and O–H groups in total. The van der Waals surface area contributed by atoms with Crippen LogP contribution in [0.25, 0.3) is 16.9 Å². The monoisotopic (exact) mass is 544 g/mol. The number of nitrogens with zero attached hydrogens (tertiary/aromatic N) is 3. The lowest BCUT2D eigenvalue weighted by atomic mass is 10.1. The molecule has 0 saturated heterocycles. The van der Waals surface area contributed by atoms with Crippen LogP contribution in [-0.2, 0) is 4.79 Å². The summed E-state index contributed by atoms with van der Waals surface area (Å²) < 4.78 is 25.9. The molecule has 0 unspecified atom stereocenters. The second-order valence-corrected chi connectivity index (χ2v) is 9.22. The van der Waals surface area contributed by atoms with Gasteiger partial charge in [0.25, 0.3) is 5.91 Å². The molecule has 3 aromatic carbocycles. The fourth-order valence-corrected chi connectivity index (χ4v) is 4.31. The Bertz CT molecular complexity index is 1440. The summed E-state index contributed by atoms with van der Waals surface area (Å²) >= 11 is 0. The third-order valence-corrected chi connectivity index (χ3v) is 6.41. The van der Waals surface area contributed by atoms with Gasteiger partial charge in [-0.2, -0.15) is 5.10 Å². The van der Waals surface area contributed by atoms with Crippen molar-refractivity contribution in [3.8, 4) is 28.4 Å². The third-order valence-electron chi connectivity index (χ3n) is 6.41. The van der Waals surface area contributed by atoms with Crippen LogP contribution in [0.15, 0.2) is 78.9 Å². The number of aromatic nitrogens is 2. The lowest BCUT2D eigenvalue weighted by Gasteiger charge is -2.23. The number of carbonyl (C=O) groups excluding carboxylic acids is 2. The van der Waals surface area contributed by atoms with Crippen molar-refractivity contribution < 1.29 is 23.5 Å². The van der Waals surface area contributed by atoms with E-state index in [0.29, 0.717) is 40.8 Å². The van der Waals surface area contributed by atoms with Crippen LogP contribution in [0.1, 0.15) is 36.5 Å². The van der Waals surface area contributed by atoms with Crippen molar-refractivity contribution in [2.75, 3.05) is 32.6 Å². The molecular formula is C31H33FN4O4. The van der Waals surface area contributed by atoms with Gasteiger partial charge in [0.2, 0.25) is 5.91 Å². The largest absolute Gasteiger partial charge is 0.497 e. The highest BCUT2D eigenvalue weighted by atomic mass is 19.1. The van der Waals surface area contributed by atoms with Crippen LogP contribution in [0, 0.1) is 5.82 Å². The molecule has 0 aliphatic heterocycles. The number of rotatable bonds is 12. The minimum absolute atomic E-state index is 0.174. The molecule has 0 radical (unpaired) electrons. The Balaban J connectivity index is 1.61. The van der Waals surface area contributed by atoms with Crippen molar-refractivity contribution >= 4 is 17.6 Å². The first-order valence-electron chi connectivity index (χ1n) is 13.2. The molecule has 0 atom stereocenters. The van der Waals surface area contributed by atoms with Crippen molar-refractivity contribution in [1.29, 1.82) is 0 Å². The van der Waals surface area contributed by atoms with Gasteiger partial charge in [0.1, 0.15) is 29.7 Å². The van der Waals surface area contributed by atoms with Gasteiger partial charge in [-0.25, -0.2) is 9.07 Å². The van der Waals surface area contributed by atoms with Crippen LogP contribution in [0.2, 0.25) is 0 Å². The number of anilines is 1. The van der Waals surface area contributed by atoms with Crippen molar-refractivity contribution in [3.63, 3.8) is 0 Å². The normalized spacial score (nSPS) is 10.7. The topological polar surface area (TPSA) is 85.7 Å². The van der Waals surface area contributed by atoms with E-state index in [4.69, 9.17) is 9.47 Å². The highest BCUT2D eigenvalue weighted by Crippen LogP contribution is 2.27. The van der Waals surface area contributed by atoms with Crippen molar-refractivity contribution in [1.82, 2.24) is 14.7 Å². The van der Waals surface area contributed by atoms with Gasteiger partial charge in [-0.3, -0.25) is 9.59 Å². The molecule has 4 rings (SSSR count). The Morgan fingerprint density at radius 2 is 1.70 bits per heavy atom. The molecule has 9 heteroatoms. The van der Waals surface area contributed by atoms with Crippen LogP contribution in [0.5, 0.6) is 11.5 Å². The van der Waals surface area contributed by atoms with Gasteiger partial charge in [-0.1, -0.05) is 50.1 Å². The lowest BCUT2D eigenvalue weighted by Crippen LogP contribution is -2.39. The number of amides is 2. The van der Waals surface area contributed by atoms with E-state index in [1.54, 1.807) is 41.1 Å². The van der Waals surface area contributed by atoms with Crippen LogP contribution in [-0.4, -0.2) is 53.8 Å². The Morgan fingerprint density at radius 1 is 0.950 bits per heavy atom. The van der Waals surface area contributed by atoms with E-state index in [9.17, 15) is 14.0 Å². The summed E-state index contributed by atoms with van der Waals surface area (Å²) in [5.74, 6) is 0.250.